The number of carbonyl (C=O) groups is 2. The number of hydrogen-bond acceptors (Lipinski definition) is 4. The van der Waals surface area contributed by atoms with Crippen LogP contribution >= 0.6 is 0 Å². The number of ether oxygens (including phenoxy) is 2. The first kappa shape index (κ1) is 24.9. The molecule has 31 heavy (non-hydrogen) atoms. The zero-order valence-corrected chi connectivity index (χ0v) is 20.1. The number of benzene rings is 1. The standard InChI is InChI=1S/C26H37NO4/c1-16-12-17(2)23(18(3)13-16)24-19(4)20(15-22(28)27-10-9-11-30-8)14-21(24)31-25(29)26(5,6)7/h12-13,20H,4,9-11,14-15H2,1-3,5-8H3,(H,27,28). The molecule has 0 spiro atoms. The molecule has 0 aliphatic heterocycles. The monoisotopic (exact) mass is 427 g/mol. The lowest BCUT2D eigenvalue weighted by molar-refractivity contribution is -0.148. The first-order chi connectivity index (χ1) is 14.5. The smallest absolute Gasteiger partial charge is 0.316 e. The Bertz CT molecular complexity index is 866. The first-order valence-corrected chi connectivity index (χ1v) is 10.9. The van der Waals surface area contributed by atoms with E-state index in [0.717, 1.165) is 34.3 Å². The van der Waals surface area contributed by atoms with Gasteiger partial charge in [-0.2, -0.15) is 0 Å². The van der Waals surface area contributed by atoms with Crippen molar-refractivity contribution < 1.29 is 19.1 Å². The fourth-order valence-corrected chi connectivity index (χ4v) is 4.00. The molecule has 1 aliphatic carbocycles. The van der Waals surface area contributed by atoms with Gasteiger partial charge in [0, 0.05) is 38.7 Å². The van der Waals surface area contributed by atoms with Gasteiger partial charge in [-0.25, -0.2) is 0 Å². The number of aryl methyl sites for hydroxylation is 3. The molecule has 5 nitrogen and oxygen atoms in total. The van der Waals surface area contributed by atoms with Crippen molar-refractivity contribution in [3.05, 3.63) is 52.3 Å². The molecule has 1 N–H and O–H groups in total. The van der Waals surface area contributed by atoms with E-state index >= 15 is 0 Å². The first-order valence-electron chi connectivity index (χ1n) is 10.9. The summed E-state index contributed by atoms with van der Waals surface area (Å²) < 4.78 is 10.9. The van der Waals surface area contributed by atoms with Crippen LogP contribution < -0.4 is 5.32 Å². The van der Waals surface area contributed by atoms with Crippen LogP contribution in [0.25, 0.3) is 5.57 Å². The Morgan fingerprint density at radius 1 is 1.16 bits per heavy atom. The van der Waals surface area contributed by atoms with Crippen LogP contribution in [0.15, 0.2) is 30.0 Å². The molecule has 170 valence electrons. The highest BCUT2D eigenvalue weighted by Crippen LogP contribution is 2.46. The molecule has 1 aromatic carbocycles. The Morgan fingerprint density at radius 2 is 1.77 bits per heavy atom. The molecule has 2 rings (SSSR count). The molecule has 0 radical (unpaired) electrons. The van der Waals surface area contributed by atoms with E-state index in [-0.39, 0.29) is 17.8 Å². The molecule has 0 saturated carbocycles. The molecule has 5 heteroatoms. The van der Waals surface area contributed by atoms with E-state index in [2.05, 4.69) is 44.8 Å². The summed E-state index contributed by atoms with van der Waals surface area (Å²) in [5, 5.41) is 2.94. The summed E-state index contributed by atoms with van der Waals surface area (Å²) in [4.78, 5) is 25.2. The van der Waals surface area contributed by atoms with Gasteiger partial charge in [0.1, 0.15) is 5.76 Å². The van der Waals surface area contributed by atoms with Crippen molar-refractivity contribution in [3.8, 4) is 0 Å². The van der Waals surface area contributed by atoms with Gasteiger partial charge in [0.25, 0.3) is 0 Å². The van der Waals surface area contributed by atoms with Crippen LogP contribution in [0.3, 0.4) is 0 Å². The van der Waals surface area contributed by atoms with Gasteiger partial charge >= 0.3 is 5.97 Å². The second kappa shape index (κ2) is 10.3. The average molecular weight is 428 g/mol. The fraction of sp³-hybridized carbons (Fsp3) is 0.538. The van der Waals surface area contributed by atoms with E-state index < -0.39 is 5.41 Å². The van der Waals surface area contributed by atoms with E-state index in [1.54, 1.807) is 7.11 Å². The summed E-state index contributed by atoms with van der Waals surface area (Å²) in [6.07, 6.45) is 1.58. The number of rotatable bonds is 8. The lowest BCUT2D eigenvalue weighted by Crippen LogP contribution is -2.27. The maximum atomic E-state index is 12.7. The van der Waals surface area contributed by atoms with E-state index in [4.69, 9.17) is 9.47 Å². The van der Waals surface area contributed by atoms with Gasteiger partial charge in [-0.05, 0) is 76.1 Å². The minimum absolute atomic E-state index is 0.0256. The molecule has 0 aromatic heterocycles. The summed E-state index contributed by atoms with van der Waals surface area (Å²) >= 11 is 0. The minimum atomic E-state index is -0.617. The highest BCUT2D eigenvalue weighted by molar-refractivity contribution is 5.89. The van der Waals surface area contributed by atoms with Crippen LogP contribution in [0.2, 0.25) is 0 Å². The third kappa shape index (κ3) is 6.30. The molecule has 0 heterocycles. The van der Waals surface area contributed by atoms with Crippen LogP contribution in [0.1, 0.15) is 62.3 Å². The van der Waals surface area contributed by atoms with E-state index in [1.165, 1.54) is 5.56 Å². The molecule has 0 bridgehead atoms. The van der Waals surface area contributed by atoms with Gasteiger partial charge in [0.2, 0.25) is 5.91 Å². The van der Waals surface area contributed by atoms with Crippen molar-refractivity contribution in [2.75, 3.05) is 20.3 Å². The van der Waals surface area contributed by atoms with Crippen LogP contribution in [0.5, 0.6) is 0 Å². The maximum Gasteiger partial charge on any atom is 0.316 e. The average Bonchev–Trinajstić information content (AvgIpc) is 2.93. The lowest BCUT2D eigenvalue weighted by atomic mass is 9.88. The SMILES string of the molecule is C=C1C(c2c(C)cc(C)cc2C)=C(OC(=O)C(C)(C)C)CC1CC(=O)NCCCOC. The van der Waals surface area contributed by atoms with Gasteiger partial charge < -0.3 is 14.8 Å². The Balaban J connectivity index is 2.32. The zero-order valence-electron chi connectivity index (χ0n) is 20.1. The summed E-state index contributed by atoms with van der Waals surface area (Å²) in [5.41, 5.74) is 5.58. The van der Waals surface area contributed by atoms with E-state index in [1.807, 2.05) is 20.8 Å². The summed E-state index contributed by atoms with van der Waals surface area (Å²) in [7, 11) is 1.65. The highest BCUT2D eigenvalue weighted by atomic mass is 16.5. The van der Waals surface area contributed by atoms with Crippen molar-refractivity contribution in [2.45, 2.75) is 60.8 Å². The fourth-order valence-electron chi connectivity index (χ4n) is 4.00. The van der Waals surface area contributed by atoms with Crippen molar-refractivity contribution in [3.63, 3.8) is 0 Å². The largest absolute Gasteiger partial charge is 0.430 e. The zero-order chi connectivity index (χ0) is 23.3. The number of nitrogens with one attached hydrogen (secondary N) is 1. The normalized spacial score (nSPS) is 16.6. The quantitative estimate of drug-likeness (QED) is 0.467. The Labute approximate surface area is 186 Å². The number of hydrogen-bond donors (Lipinski definition) is 1. The third-order valence-corrected chi connectivity index (χ3v) is 5.56. The van der Waals surface area contributed by atoms with Crippen molar-refractivity contribution in [1.82, 2.24) is 5.32 Å². The summed E-state index contributed by atoms with van der Waals surface area (Å²) in [6.45, 7) is 17.2. The Hall–Kier alpha value is -2.40. The topological polar surface area (TPSA) is 64.6 Å². The molecule has 1 unspecified atom stereocenters. The van der Waals surface area contributed by atoms with Crippen LogP contribution in [-0.4, -0.2) is 32.1 Å². The minimum Gasteiger partial charge on any atom is -0.430 e. The molecular formula is C26H37NO4. The van der Waals surface area contributed by atoms with Gasteiger partial charge in [-0.3, -0.25) is 9.59 Å². The van der Waals surface area contributed by atoms with Crippen LogP contribution in [-0.2, 0) is 19.1 Å². The van der Waals surface area contributed by atoms with Gasteiger partial charge in [-0.15, -0.1) is 0 Å². The predicted octanol–water partition coefficient (Wildman–Crippen LogP) is 5.03. The molecule has 1 aromatic rings. The third-order valence-electron chi connectivity index (χ3n) is 5.56. The van der Waals surface area contributed by atoms with E-state index in [9.17, 15) is 9.59 Å². The summed E-state index contributed by atoms with van der Waals surface area (Å²) in [5.74, 6) is 0.222. The van der Waals surface area contributed by atoms with Crippen molar-refractivity contribution in [1.29, 1.82) is 0 Å². The van der Waals surface area contributed by atoms with Crippen molar-refractivity contribution in [2.24, 2.45) is 11.3 Å². The molecule has 0 fully saturated rings. The molecular weight excluding hydrogens is 390 g/mol. The number of allylic oxidation sites excluding steroid dienone is 3. The summed E-state index contributed by atoms with van der Waals surface area (Å²) in [6, 6.07) is 4.25. The second-order valence-corrected chi connectivity index (χ2v) is 9.54. The molecule has 0 saturated heterocycles. The Kier molecular flexibility index (Phi) is 8.24. The second-order valence-electron chi connectivity index (χ2n) is 9.54. The Morgan fingerprint density at radius 3 is 2.32 bits per heavy atom. The number of methoxy groups -OCH3 is 1. The maximum absolute atomic E-state index is 12.7. The number of amides is 1. The lowest BCUT2D eigenvalue weighted by Gasteiger charge is -2.19. The van der Waals surface area contributed by atoms with Gasteiger partial charge in [-0.1, -0.05) is 24.3 Å². The predicted molar refractivity (Wildman–Crippen MR) is 124 cm³/mol. The van der Waals surface area contributed by atoms with E-state index in [0.29, 0.717) is 31.8 Å². The molecule has 1 amide bonds. The highest BCUT2D eigenvalue weighted by Gasteiger charge is 2.36. The number of esters is 1. The van der Waals surface area contributed by atoms with Crippen LogP contribution in [0.4, 0.5) is 0 Å². The van der Waals surface area contributed by atoms with Gasteiger partial charge in [0.15, 0.2) is 0 Å². The van der Waals surface area contributed by atoms with Crippen molar-refractivity contribution >= 4 is 17.4 Å². The van der Waals surface area contributed by atoms with Gasteiger partial charge in [0.05, 0.1) is 5.41 Å². The molecule has 1 aliphatic rings. The number of carbonyl (C=O) groups excluding carboxylic acids is 2. The van der Waals surface area contributed by atoms with Crippen LogP contribution in [0, 0.1) is 32.1 Å². The molecule has 1 atom stereocenters.